The first-order valence-electron chi connectivity index (χ1n) is 11.5. The number of benzene rings is 1. The third-order valence-corrected chi connectivity index (χ3v) is 5.92. The molecule has 0 bridgehead atoms. The molecule has 2 N–H and O–H groups in total. The third kappa shape index (κ3) is 5.64. The van der Waals surface area contributed by atoms with E-state index in [1.807, 2.05) is 20.8 Å². The Labute approximate surface area is 199 Å². The molecule has 9 heteroatoms. The molecule has 0 unspecified atom stereocenters. The lowest BCUT2D eigenvalue weighted by Gasteiger charge is -2.37. The number of fused-ring (bicyclic) bond motifs is 1. The van der Waals surface area contributed by atoms with Crippen molar-refractivity contribution in [1.29, 1.82) is 0 Å². The first-order valence-corrected chi connectivity index (χ1v) is 11.5. The SMILES string of the molecule is CC(C)NC(=O)N(C)C[C@H]1Oc2ncc(-c3ccccc3F)cc2C(=O)N([C@@H](C)CO)C[C@@H]1C. The Kier molecular flexibility index (Phi) is 8.09. The summed E-state index contributed by atoms with van der Waals surface area (Å²) in [4.78, 5) is 33.4. The molecule has 0 spiro atoms. The van der Waals surface area contributed by atoms with E-state index in [1.54, 1.807) is 43.1 Å². The van der Waals surface area contributed by atoms with Gasteiger partial charge in [-0.3, -0.25) is 4.79 Å². The summed E-state index contributed by atoms with van der Waals surface area (Å²) < 4.78 is 20.6. The van der Waals surface area contributed by atoms with Crippen molar-refractivity contribution in [3.05, 3.63) is 47.9 Å². The minimum atomic E-state index is -0.463. The van der Waals surface area contributed by atoms with Crippen molar-refractivity contribution >= 4 is 11.9 Å². The van der Waals surface area contributed by atoms with E-state index in [-0.39, 0.29) is 48.5 Å². The number of nitrogens with zero attached hydrogens (tertiary/aromatic N) is 3. The largest absolute Gasteiger partial charge is 0.472 e. The molecule has 2 aromatic rings. The molecule has 0 saturated carbocycles. The fourth-order valence-electron chi connectivity index (χ4n) is 3.87. The Hall–Kier alpha value is -3.20. The summed E-state index contributed by atoms with van der Waals surface area (Å²) in [6.45, 7) is 7.83. The third-order valence-electron chi connectivity index (χ3n) is 5.92. The van der Waals surface area contributed by atoms with Crippen molar-refractivity contribution in [2.75, 3.05) is 26.7 Å². The van der Waals surface area contributed by atoms with Gasteiger partial charge in [-0.2, -0.15) is 0 Å². The summed E-state index contributed by atoms with van der Waals surface area (Å²) in [5.74, 6) is -0.810. The molecule has 0 aliphatic carbocycles. The molecule has 8 nitrogen and oxygen atoms in total. The minimum Gasteiger partial charge on any atom is -0.472 e. The van der Waals surface area contributed by atoms with Gasteiger partial charge in [0.15, 0.2) is 0 Å². The molecule has 3 atom stereocenters. The number of pyridine rings is 1. The fourth-order valence-corrected chi connectivity index (χ4v) is 3.87. The topological polar surface area (TPSA) is 95.0 Å². The maximum Gasteiger partial charge on any atom is 0.317 e. The second-order valence-electron chi connectivity index (χ2n) is 9.16. The highest BCUT2D eigenvalue weighted by Gasteiger charge is 2.35. The van der Waals surface area contributed by atoms with Crippen molar-refractivity contribution in [3.8, 4) is 17.0 Å². The van der Waals surface area contributed by atoms with E-state index in [4.69, 9.17) is 4.74 Å². The molecule has 184 valence electrons. The lowest BCUT2D eigenvalue weighted by atomic mass is 9.99. The van der Waals surface area contributed by atoms with E-state index in [0.29, 0.717) is 17.7 Å². The summed E-state index contributed by atoms with van der Waals surface area (Å²) in [7, 11) is 1.68. The van der Waals surface area contributed by atoms with Gasteiger partial charge in [0.1, 0.15) is 17.5 Å². The first kappa shape index (κ1) is 25.4. The number of likely N-dealkylation sites (N-methyl/N-ethyl adjacent to an activating group) is 1. The Morgan fingerprint density at radius 1 is 1.32 bits per heavy atom. The molecule has 2 heterocycles. The van der Waals surface area contributed by atoms with E-state index in [2.05, 4.69) is 10.3 Å². The van der Waals surface area contributed by atoms with Crippen molar-refractivity contribution in [2.45, 2.75) is 45.9 Å². The standard InChI is InChI=1S/C25H33FN4O4/c1-15(2)28-25(33)29(5)13-22-16(3)12-30(17(4)14-31)24(32)20-10-18(11-27-23(20)34-22)19-8-6-7-9-21(19)26/h6-11,15-17,22,31H,12-14H2,1-5H3,(H,28,33)/t16-,17-,22+/m0/s1. The van der Waals surface area contributed by atoms with Crippen molar-refractivity contribution in [1.82, 2.24) is 20.1 Å². The van der Waals surface area contributed by atoms with Gasteiger partial charge in [-0.25, -0.2) is 14.2 Å². The number of aliphatic hydroxyl groups is 1. The second kappa shape index (κ2) is 10.8. The Morgan fingerprint density at radius 3 is 2.68 bits per heavy atom. The van der Waals surface area contributed by atoms with Gasteiger partial charge in [0.05, 0.1) is 19.2 Å². The zero-order chi connectivity index (χ0) is 25.0. The monoisotopic (exact) mass is 472 g/mol. The summed E-state index contributed by atoms with van der Waals surface area (Å²) in [6.07, 6.45) is 1.01. The number of urea groups is 1. The van der Waals surface area contributed by atoms with E-state index in [0.717, 1.165) is 0 Å². The summed E-state index contributed by atoms with van der Waals surface area (Å²) in [6, 6.07) is 7.16. The highest BCUT2D eigenvalue weighted by Crippen LogP contribution is 2.31. The maximum absolute atomic E-state index is 14.4. The highest BCUT2D eigenvalue weighted by molar-refractivity contribution is 5.98. The van der Waals surface area contributed by atoms with Crippen LogP contribution in [0.2, 0.25) is 0 Å². The molecular weight excluding hydrogens is 439 g/mol. The van der Waals surface area contributed by atoms with Crippen LogP contribution in [0.3, 0.4) is 0 Å². The van der Waals surface area contributed by atoms with Gasteiger partial charge in [-0.1, -0.05) is 25.1 Å². The lowest BCUT2D eigenvalue weighted by molar-refractivity contribution is 0.0352. The number of carbonyl (C=O) groups excluding carboxylic acids is 2. The first-order chi connectivity index (χ1) is 16.1. The van der Waals surface area contributed by atoms with Crippen molar-refractivity contribution in [2.24, 2.45) is 5.92 Å². The number of amides is 3. The number of halogens is 1. The lowest BCUT2D eigenvalue weighted by Crippen LogP contribution is -2.51. The smallest absolute Gasteiger partial charge is 0.317 e. The van der Waals surface area contributed by atoms with Gasteiger partial charge >= 0.3 is 6.03 Å². The number of aromatic nitrogens is 1. The van der Waals surface area contributed by atoms with Crippen LogP contribution < -0.4 is 10.1 Å². The number of nitrogens with one attached hydrogen (secondary N) is 1. The molecule has 3 rings (SSSR count). The van der Waals surface area contributed by atoms with Crippen LogP contribution in [0.1, 0.15) is 38.1 Å². The van der Waals surface area contributed by atoms with Gasteiger partial charge in [0, 0.05) is 42.9 Å². The average Bonchev–Trinajstić information content (AvgIpc) is 2.80. The summed E-state index contributed by atoms with van der Waals surface area (Å²) >= 11 is 0. The molecule has 1 aliphatic rings. The van der Waals surface area contributed by atoms with E-state index < -0.39 is 18.0 Å². The highest BCUT2D eigenvalue weighted by atomic mass is 19.1. The molecule has 34 heavy (non-hydrogen) atoms. The van der Waals surface area contributed by atoms with Gasteiger partial charge in [-0.05, 0) is 32.9 Å². The molecule has 0 saturated heterocycles. The average molecular weight is 473 g/mol. The summed E-state index contributed by atoms with van der Waals surface area (Å²) in [5, 5.41) is 12.6. The molecule has 0 radical (unpaired) electrons. The number of hydrogen-bond donors (Lipinski definition) is 2. The number of carbonyl (C=O) groups is 2. The quantitative estimate of drug-likeness (QED) is 0.674. The number of rotatable bonds is 6. The number of hydrogen-bond acceptors (Lipinski definition) is 5. The van der Waals surface area contributed by atoms with Crippen LogP contribution in [0.4, 0.5) is 9.18 Å². The van der Waals surface area contributed by atoms with Gasteiger partial charge in [0.2, 0.25) is 5.88 Å². The van der Waals surface area contributed by atoms with Gasteiger partial charge < -0.3 is 25.0 Å². The Balaban J connectivity index is 2.00. The van der Waals surface area contributed by atoms with Crippen LogP contribution in [0, 0.1) is 11.7 Å². The van der Waals surface area contributed by atoms with Crippen LogP contribution in [0.15, 0.2) is 36.5 Å². The molecular formula is C25H33FN4O4. The molecule has 1 aromatic carbocycles. The van der Waals surface area contributed by atoms with Gasteiger partial charge in [-0.15, -0.1) is 0 Å². The van der Waals surface area contributed by atoms with Crippen molar-refractivity contribution in [3.63, 3.8) is 0 Å². The normalized spacial score (nSPS) is 19.1. The molecule has 3 amide bonds. The van der Waals surface area contributed by atoms with Crippen LogP contribution >= 0.6 is 0 Å². The van der Waals surface area contributed by atoms with E-state index in [9.17, 15) is 19.1 Å². The number of ether oxygens (including phenoxy) is 1. The van der Waals surface area contributed by atoms with Crippen molar-refractivity contribution < 1.29 is 23.8 Å². The predicted octanol–water partition coefficient (Wildman–Crippen LogP) is 3.16. The van der Waals surface area contributed by atoms with Crippen LogP contribution in [-0.2, 0) is 0 Å². The zero-order valence-electron chi connectivity index (χ0n) is 20.3. The Bertz CT molecular complexity index is 1030. The predicted molar refractivity (Wildman–Crippen MR) is 127 cm³/mol. The van der Waals surface area contributed by atoms with E-state index in [1.165, 1.54) is 17.2 Å². The fraction of sp³-hybridized carbons (Fsp3) is 0.480. The van der Waals surface area contributed by atoms with Crippen LogP contribution in [-0.4, -0.2) is 76.8 Å². The van der Waals surface area contributed by atoms with E-state index >= 15 is 0 Å². The maximum atomic E-state index is 14.4. The summed E-state index contributed by atoms with van der Waals surface area (Å²) in [5.41, 5.74) is 0.959. The minimum absolute atomic E-state index is 0.0108. The molecule has 0 fully saturated rings. The second-order valence-corrected chi connectivity index (χ2v) is 9.16. The molecule has 1 aliphatic heterocycles. The number of aliphatic hydroxyl groups excluding tert-OH is 1. The van der Waals surface area contributed by atoms with Crippen LogP contribution in [0.5, 0.6) is 5.88 Å². The molecule has 1 aromatic heterocycles. The van der Waals surface area contributed by atoms with Gasteiger partial charge in [0.25, 0.3) is 5.91 Å². The Morgan fingerprint density at radius 2 is 2.03 bits per heavy atom. The van der Waals surface area contributed by atoms with Crippen LogP contribution in [0.25, 0.3) is 11.1 Å². The zero-order valence-corrected chi connectivity index (χ0v) is 20.3.